The molecule has 0 bridgehead atoms. The minimum absolute atomic E-state index is 0.242. The molecule has 2 aromatic rings. The molecule has 1 aliphatic heterocycles. The molecule has 0 spiro atoms. The summed E-state index contributed by atoms with van der Waals surface area (Å²) >= 11 is 0. The molecule has 1 N–H and O–H groups in total. The van der Waals surface area contributed by atoms with Crippen LogP contribution in [0.1, 0.15) is 36.7 Å². The maximum absolute atomic E-state index is 13.2. The molecule has 0 saturated carbocycles. The molecule has 3 nitrogen and oxygen atoms in total. The van der Waals surface area contributed by atoms with Crippen LogP contribution in [0, 0.1) is 5.82 Å². The third kappa shape index (κ3) is 2.85. The van der Waals surface area contributed by atoms with Crippen molar-refractivity contribution in [1.29, 1.82) is 0 Å². The second kappa shape index (κ2) is 5.74. The lowest BCUT2D eigenvalue weighted by atomic mass is 9.95. The molecule has 0 amide bonds. The molecule has 0 aliphatic carbocycles. The van der Waals surface area contributed by atoms with Crippen LogP contribution in [-0.4, -0.2) is 11.7 Å². The van der Waals surface area contributed by atoms with E-state index in [0.29, 0.717) is 24.3 Å². The third-order valence-corrected chi connectivity index (χ3v) is 3.60. The zero-order valence-electron chi connectivity index (χ0n) is 11.8. The number of hydrogen-bond donors (Lipinski definition) is 1. The fourth-order valence-electron chi connectivity index (χ4n) is 2.57. The number of aliphatic hydroxyl groups excluding tert-OH is 1. The molecule has 3 rings (SSSR count). The SMILES string of the molecule is CCOc1ccc(C2C[C@@H](O)c3cc(F)ccc3O2)cc1. The average molecular weight is 288 g/mol. The van der Waals surface area contributed by atoms with Crippen molar-refractivity contribution in [3.63, 3.8) is 0 Å². The van der Waals surface area contributed by atoms with Gasteiger partial charge in [0.05, 0.1) is 12.7 Å². The standard InChI is InChI=1S/C17H17FO3/c1-2-20-13-6-3-11(4-7-13)17-10-15(19)14-9-12(18)5-8-16(14)21-17/h3-9,15,17,19H,2,10H2,1H3/t15-,17?/m1/s1. The Hall–Kier alpha value is -2.07. The van der Waals surface area contributed by atoms with E-state index in [-0.39, 0.29) is 11.9 Å². The maximum atomic E-state index is 13.2. The van der Waals surface area contributed by atoms with E-state index < -0.39 is 6.10 Å². The van der Waals surface area contributed by atoms with Crippen molar-refractivity contribution in [3.8, 4) is 11.5 Å². The van der Waals surface area contributed by atoms with Crippen LogP contribution >= 0.6 is 0 Å². The topological polar surface area (TPSA) is 38.7 Å². The summed E-state index contributed by atoms with van der Waals surface area (Å²) in [6.07, 6.45) is -0.556. The predicted octanol–water partition coefficient (Wildman–Crippen LogP) is 3.78. The van der Waals surface area contributed by atoms with Crippen molar-refractivity contribution >= 4 is 0 Å². The number of benzene rings is 2. The van der Waals surface area contributed by atoms with Gasteiger partial charge in [0.15, 0.2) is 0 Å². The number of rotatable bonds is 3. The van der Waals surface area contributed by atoms with Crippen molar-refractivity contribution in [2.45, 2.75) is 25.6 Å². The van der Waals surface area contributed by atoms with E-state index >= 15 is 0 Å². The van der Waals surface area contributed by atoms with Gasteiger partial charge in [0, 0.05) is 12.0 Å². The Labute approximate surface area is 122 Å². The molecule has 0 saturated heterocycles. The minimum atomic E-state index is -0.721. The first-order chi connectivity index (χ1) is 10.2. The zero-order valence-corrected chi connectivity index (χ0v) is 11.8. The van der Waals surface area contributed by atoms with Crippen molar-refractivity contribution in [2.24, 2.45) is 0 Å². The van der Waals surface area contributed by atoms with Crippen LogP contribution in [0.4, 0.5) is 4.39 Å². The van der Waals surface area contributed by atoms with Crippen LogP contribution in [0.3, 0.4) is 0 Å². The maximum Gasteiger partial charge on any atom is 0.127 e. The van der Waals surface area contributed by atoms with Crippen molar-refractivity contribution in [1.82, 2.24) is 0 Å². The lowest BCUT2D eigenvalue weighted by molar-refractivity contribution is 0.0653. The molecule has 110 valence electrons. The summed E-state index contributed by atoms with van der Waals surface area (Å²) < 4.78 is 24.5. The van der Waals surface area contributed by atoms with E-state index in [2.05, 4.69) is 0 Å². The molecule has 0 radical (unpaired) electrons. The minimum Gasteiger partial charge on any atom is -0.494 e. The summed E-state index contributed by atoms with van der Waals surface area (Å²) in [6, 6.07) is 11.9. The largest absolute Gasteiger partial charge is 0.494 e. The van der Waals surface area contributed by atoms with Gasteiger partial charge in [-0.25, -0.2) is 4.39 Å². The molecule has 0 aromatic heterocycles. The lowest BCUT2D eigenvalue weighted by Gasteiger charge is -2.30. The van der Waals surface area contributed by atoms with E-state index in [1.165, 1.54) is 12.1 Å². The van der Waals surface area contributed by atoms with E-state index in [9.17, 15) is 9.50 Å². The monoisotopic (exact) mass is 288 g/mol. The molecule has 2 aromatic carbocycles. The van der Waals surface area contributed by atoms with Crippen LogP contribution in [0.2, 0.25) is 0 Å². The molecule has 2 atom stereocenters. The summed E-state index contributed by atoms with van der Waals surface area (Å²) in [6.45, 7) is 2.56. The Morgan fingerprint density at radius 3 is 2.71 bits per heavy atom. The number of hydrogen-bond acceptors (Lipinski definition) is 3. The van der Waals surface area contributed by atoms with Gasteiger partial charge < -0.3 is 14.6 Å². The quantitative estimate of drug-likeness (QED) is 0.934. The van der Waals surface area contributed by atoms with Crippen LogP contribution < -0.4 is 9.47 Å². The van der Waals surface area contributed by atoms with E-state index in [1.807, 2.05) is 31.2 Å². The van der Waals surface area contributed by atoms with Gasteiger partial charge >= 0.3 is 0 Å². The first-order valence-corrected chi connectivity index (χ1v) is 7.04. The van der Waals surface area contributed by atoms with Crippen molar-refractivity contribution in [3.05, 3.63) is 59.4 Å². The summed E-state index contributed by atoms with van der Waals surface area (Å²) in [5.74, 6) is 0.977. The first kappa shape index (κ1) is 13.9. The molecule has 1 unspecified atom stereocenters. The summed E-state index contributed by atoms with van der Waals surface area (Å²) in [7, 11) is 0. The normalized spacial score (nSPS) is 20.5. The van der Waals surface area contributed by atoms with Gasteiger partial charge in [-0.3, -0.25) is 0 Å². The molecular weight excluding hydrogens is 271 g/mol. The molecule has 1 aliphatic rings. The molecule has 21 heavy (non-hydrogen) atoms. The highest BCUT2D eigenvalue weighted by molar-refractivity contribution is 5.39. The Balaban J connectivity index is 1.83. The van der Waals surface area contributed by atoms with Crippen LogP contribution in [0.25, 0.3) is 0 Å². The van der Waals surface area contributed by atoms with Gasteiger partial charge in [-0.15, -0.1) is 0 Å². The molecule has 1 heterocycles. The fourth-order valence-corrected chi connectivity index (χ4v) is 2.57. The smallest absolute Gasteiger partial charge is 0.127 e. The van der Waals surface area contributed by atoms with Gasteiger partial charge in [0.1, 0.15) is 23.4 Å². The Bertz CT molecular complexity index is 624. The second-order valence-electron chi connectivity index (χ2n) is 5.04. The first-order valence-electron chi connectivity index (χ1n) is 7.04. The second-order valence-corrected chi connectivity index (χ2v) is 5.04. The zero-order chi connectivity index (χ0) is 14.8. The fraction of sp³-hybridized carbons (Fsp3) is 0.294. The van der Waals surface area contributed by atoms with Gasteiger partial charge in [-0.05, 0) is 42.8 Å². The van der Waals surface area contributed by atoms with Gasteiger partial charge in [0.25, 0.3) is 0 Å². The lowest BCUT2D eigenvalue weighted by Crippen LogP contribution is -2.19. The van der Waals surface area contributed by atoms with E-state index in [4.69, 9.17) is 9.47 Å². The van der Waals surface area contributed by atoms with Gasteiger partial charge in [-0.2, -0.15) is 0 Å². The molecule has 0 fully saturated rings. The third-order valence-electron chi connectivity index (χ3n) is 3.60. The van der Waals surface area contributed by atoms with Crippen LogP contribution in [0.15, 0.2) is 42.5 Å². The van der Waals surface area contributed by atoms with Crippen LogP contribution in [-0.2, 0) is 0 Å². The molecule has 4 heteroatoms. The van der Waals surface area contributed by atoms with Gasteiger partial charge in [0.2, 0.25) is 0 Å². The summed E-state index contributed by atoms with van der Waals surface area (Å²) in [4.78, 5) is 0. The summed E-state index contributed by atoms with van der Waals surface area (Å²) in [5.41, 5.74) is 1.48. The highest BCUT2D eigenvalue weighted by Crippen LogP contribution is 2.41. The predicted molar refractivity (Wildman–Crippen MR) is 77.0 cm³/mol. The average Bonchev–Trinajstić information content (AvgIpc) is 2.49. The van der Waals surface area contributed by atoms with Crippen LogP contribution in [0.5, 0.6) is 11.5 Å². The Morgan fingerprint density at radius 1 is 1.24 bits per heavy atom. The number of aliphatic hydroxyl groups is 1. The highest BCUT2D eigenvalue weighted by atomic mass is 19.1. The Morgan fingerprint density at radius 2 is 2.00 bits per heavy atom. The van der Waals surface area contributed by atoms with E-state index in [0.717, 1.165) is 11.3 Å². The van der Waals surface area contributed by atoms with Crippen molar-refractivity contribution < 1.29 is 19.0 Å². The number of halogens is 1. The van der Waals surface area contributed by atoms with Gasteiger partial charge in [-0.1, -0.05) is 12.1 Å². The summed E-state index contributed by atoms with van der Waals surface area (Å²) in [5, 5.41) is 10.2. The number of fused-ring (bicyclic) bond motifs is 1. The highest BCUT2D eigenvalue weighted by Gasteiger charge is 2.28. The van der Waals surface area contributed by atoms with Crippen molar-refractivity contribution in [2.75, 3.05) is 6.61 Å². The Kier molecular flexibility index (Phi) is 3.80. The van der Waals surface area contributed by atoms with E-state index in [1.54, 1.807) is 6.07 Å². The number of ether oxygens (including phenoxy) is 2. The molecular formula is C17H17FO3.